The van der Waals surface area contributed by atoms with E-state index in [9.17, 15) is 9.59 Å². The number of carboxylic acid groups (broad SMARTS) is 1. The van der Waals surface area contributed by atoms with Gasteiger partial charge in [-0.1, -0.05) is 0 Å². The van der Waals surface area contributed by atoms with Crippen molar-refractivity contribution in [1.29, 1.82) is 0 Å². The van der Waals surface area contributed by atoms with Crippen molar-refractivity contribution in [3.63, 3.8) is 0 Å². The number of carbonyl (C=O) groups is 2. The largest absolute Gasteiger partial charge is 0.481 e. The van der Waals surface area contributed by atoms with Crippen LogP contribution in [0.2, 0.25) is 0 Å². The van der Waals surface area contributed by atoms with Crippen LogP contribution in [0, 0.1) is 5.92 Å². The van der Waals surface area contributed by atoms with Crippen molar-refractivity contribution in [2.75, 3.05) is 13.1 Å². The minimum absolute atomic E-state index is 0.0205. The van der Waals surface area contributed by atoms with E-state index in [1.54, 1.807) is 4.90 Å². The standard InChI is InChI=1S/C15H20N2O3/c18-14(16-8-2-4-11(10-16)15(19)20)13-7-3-9-17(13)12-5-1-6-12/h3,7,9,11-12H,1-2,4-6,8,10H2,(H,19,20). The molecule has 1 saturated heterocycles. The second kappa shape index (κ2) is 5.31. The van der Waals surface area contributed by atoms with Gasteiger partial charge >= 0.3 is 5.97 Å². The van der Waals surface area contributed by atoms with Gasteiger partial charge in [-0.05, 0) is 44.2 Å². The van der Waals surface area contributed by atoms with E-state index in [-0.39, 0.29) is 5.91 Å². The van der Waals surface area contributed by atoms with E-state index in [1.807, 2.05) is 18.3 Å². The Labute approximate surface area is 118 Å². The van der Waals surface area contributed by atoms with Crippen molar-refractivity contribution in [2.24, 2.45) is 5.92 Å². The van der Waals surface area contributed by atoms with Gasteiger partial charge in [0.15, 0.2) is 0 Å². The van der Waals surface area contributed by atoms with Gasteiger partial charge in [-0.25, -0.2) is 0 Å². The van der Waals surface area contributed by atoms with Crippen molar-refractivity contribution in [3.8, 4) is 0 Å². The number of aromatic nitrogens is 1. The van der Waals surface area contributed by atoms with E-state index >= 15 is 0 Å². The average molecular weight is 276 g/mol. The molecule has 1 aliphatic heterocycles. The molecule has 1 N–H and O–H groups in total. The Kier molecular flexibility index (Phi) is 3.51. The molecule has 5 heteroatoms. The molecule has 0 bridgehead atoms. The summed E-state index contributed by atoms with van der Waals surface area (Å²) in [5, 5.41) is 9.12. The van der Waals surface area contributed by atoms with Crippen LogP contribution in [-0.2, 0) is 4.79 Å². The lowest BCUT2D eigenvalue weighted by Gasteiger charge is -2.33. The number of hydrogen-bond acceptors (Lipinski definition) is 2. The molecule has 1 unspecified atom stereocenters. The molecule has 2 heterocycles. The first-order valence-corrected chi connectivity index (χ1v) is 7.35. The number of amides is 1. The second-order valence-corrected chi connectivity index (χ2v) is 5.81. The first kappa shape index (κ1) is 13.2. The fraction of sp³-hybridized carbons (Fsp3) is 0.600. The molecule has 2 aliphatic rings. The fourth-order valence-electron chi connectivity index (χ4n) is 3.08. The number of aliphatic carboxylic acids is 1. The van der Waals surface area contributed by atoms with Crippen LogP contribution in [0.5, 0.6) is 0 Å². The van der Waals surface area contributed by atoms with Gasteiger partial charge in [0.05, 0.1) is 5.92 Å². The molecular weight excluding hydrogens is 256 g/mol. The van der Waals surface area contributed by atoms with Crippen molar-refractivity contribution >= 4 is 11.9 Å². The zero-order chi connectivity index (χ0) is 14.1. The maximum Gasteiger partial charge on any atom is 0.308 e. The normalized spacial score (nSPS) is 23.4. The van der Waals surface area contributed by atoms with Crippen LogP contribution >= 0.6 is 0 Å². The van der Waals surface area contributed by atoms with Crippen LogP contribution in [0.1, 0.15) is 48.6 Å². The lowest BCUT2D eigenvalue weighted by atomic mass is 9.92. The lowest BCUT2D eigenvalue weighted by molar-refractivity contribution is -0.143. The Morgan fingerprint density at radius 2 is 2.00 bits per heavy atom. The molecule has 0 radical (unpaired) electrons. The van der Waals surface area contributed by atoms with E-state index in [0.29, 0.717) is 31.2 Å². The summed E-state index contributed by atoms with van der Waals surface area (Å²) in [6, 6.07) is 4.21. The molecule has 1 aromatic rings. The summed E-state index contributed by atoms with van der Waals surface area (Å²) in [6.07, 6.45) is 6.89. The van der Waals surface area contributed by atoms with Gasteiger partial charge in [-0.3, -0.25) is 9.59 Å². The number of piperidine rings is 1. The van der Waals surface area contributed by atoms with E-state index in [4.69, 9.17) is 5.11 Å². The highest BCUT2D eigenvalue weighted by Gasteiger charge is 2.31. The predicted octanol–water partition coefficient (Wildman–Crippen LogP) is 2.15. The van der Waals surface area contributed by atoms with Crippen molar-refractivity contribution < 1.29 is 14.7 Å². The molecule has 3 rings (SSSR count). The summed E-state index contributed by atoms with van der Waals surface area (Å²) in [5.41, 5.74) is 0.709. The highest BCUT2D eigenvalue weighted by Crippen LogP contribution is 2.33. The van der Waals surface area contributed by atoms with E-state index in [1.165, 1.54) is 6.42 Å². The van der Waals surface area contributed by atoms with Crippen LogP contribution < -0.4 is 0 Å². The smallest absolute Gasteiger partial charge is 0.308 e. The van der Waals surface area contributed by atoms with Gasteiger partial charge in [0.2, 0.25) is 0 Å². The Hall–Kier alpha value is -1.78. The van der Waals surface area contributed by atoms with Gasteiger partial charge in [0, 0.05) is 25.3 Å². The van der Waals surface area contributed by atoms with Crippen LogP contribution in [0.25, 0.3) is 0 Å². The quantitative estimate of drug-likeness (QED) is 0.920. The maximum absolute atomic E-state index is 12.6. The molecule has 1 aromatic heterocycles. The summed E-state index contributed by atoms with van der Waals surface area (Å²) >= 11 is 0. The number of likely N-dealkylation sites (tertiary alicyclic amines) is 1. The Bertz CT molecular complexity index is 519. The summed E-state index contributed by atoms with van der Waals surface area (Å²) < 4.78 is 2.07. The second-order valence-electron chi connectivity index (χ2n) is 5.81. The van der Waals surface area contributed by atoms with Gasteiger partial charge in [0.1, 0.15) is 5.69 Å². The number of hydrogen-bond donors (Lipinski definition) is 1. The Morgan fingerprint density at radius 3 is 2.65 bits per heavy atom. The van der Waals surface area contributed by atoms with Crippen LogP contribution in [0.3, 0.4) is 0 Å². The summed E-state index contributed by atoms with van der Waals surface area (Å²) in [4.78, 5) is 25.4. The molecule has 0 aromatic carbocycles. The van der Waals surface area contributed by atoms with Crippen molar-refractivity contribution in [3.05, 3.63) is 24.0 Å². The molecule has 5 nitrogen and oxygen atoms in total. The molecule has 0 spiro atoms. The third-order valence-electron chi connectivity index (χ3n) is 4.52. The van der Waals surface area contributed by atoms with Gasteiger partial charge < -0.3 is 14.6 Å². The highest BCUT2D eigenvalue weighted by molar-refractivity contribution is 5.93. The SMILES string of the molecule is O=C(O)C1CCCN(C(=O)c2cccn2C2CCC2)C1. The van der Waals surface area contributed by atoms with Crippen LogP contribution in [0.15, 0.2) is 18.3 Å². The van der Waals surface area contributed by atoms with Gasteiger partial charge in [-0.15, -0.1) is 0 Å². The lowest BCUT2D eigenvalue weighted by Crippen LogP contribution is -2.43. The predicted molar refractivity (Wildman–Crippen MR) is 73.6 cm³/mol. The molecule has 108 valence electrons. The first-order chi connectivity index (χ1) is 9.66. The number of rotatable bonds is 3. The van der Waals surface area contributed by atoms with Crippen molar-refractivity contribution in [1.82, 2.24) is 9.47 Å². The zero-order valence-electron chi connectivity index (χ0n) is 11.5. The van der Waals surface area contributed by atoms with Crippen LogP contribution in [0.4, 0.5) is 0 Å². The minimum atomic E-state index is -0.795. The molecule has 1 aliphatic carbocycles. The van der Waals surface area contributed by atoms with E-state index in [2.05, 4.69) is 4.57 Å². The molecule has 2 fully saturated rings. The average Bonchev–Trinajstić information content (AvgIpc) is 2.85. The molecule has 20 heavy (non-hydrogen) atoms. The van der Waals surface area contributed by atoms with Gasteiger partial charge in [-0.2, -0.15) is 0 Å². The monoisotopic (exact) mass is 276 g/mol. The topological polar surface area (TPSA) is 62.5 Å². The summed E-state index contributed by atoms with van der Waals surface area (Å²) in [7, 11) is 0. The summed E-state index contributed by atoms with van der Waals surface area (Å²) in [6.45, 7) is 1.00. The first-order valence-electron chi connectivity index (χ1n) is 7.35. The summed E-state index contributed by atoms with van der Waals surface area (Å²) in [5.74, 6) is -1.23. The zero-order valence-corrected chi connectivity index (χ0v) is 11.5. The fourth-order valence-corrected chi connectivity index (χ4v) is 3.08. The number of carboxylic acids is 1. The molecule has 1 saturated carbocycles. The third-order valence-corrected chi connectivity index (χ3v) is 4.52. The number of nitrogens with zero attached hydrogens (tertiary/aromatic N) is 2. The highest BCUT2D eigenvalue weighted by atomic mass is 16.4. The van der Waals surface area contributed by atoms with Gasteiger partial charge in [0.25, 0.3) is 5.91 Å². The third kappa shape index (κ3) is 2.32. The Morgan fingerprint density at radius 1 is 1.20 bits per heavy atom. The van der Waals surface area contributed by atoms with E-state index in [0.717, 1.165) is 19.3 Å². The Balaban J connectivity index is 1.75. The number of carbonyl (C=O) groups excluding carboxylic acids is 1. The van der Waals surface area contributed by atoms with Crippen LogP contribution in [-0.4, -0.2) is 39.5 Å². The van der Waals surface area contributed by atoms with E-state index < -0.39 is 11.9 Å². The minimum Gasteiger partial charge on any atom is -0.481 e. The molecule has 1 amide bonds. The molecule has 1 atom stereocenters. The maximum atomic E-state index is 12.6. The van der Waals surface area contributed by atoms with Crippen molar-refractivity contribution in [2.45, 2.75) is 38.1 Å². The molecular formula is C15H20N2O3.